The minimum Gasteiger partial charge on any atom is -0.398 e. The number of fused-ring (bicyclic) bond motifs is 1. The fraction of sp³-hybridized carbons (Fsp3) is 0.500. The molecule has 9 heteroatoms. The van der Waals surface area contributed by atoms with Gasteiger partial charge in [-0.2, -0.15) is 0 Å². The summed E-state index contributed by atoms with van der Waals surface area (Å²) in [5.41, 5.74) is 9.90. The number of hydrogen-bond donors (Lipinski definition) is 4. The molecule has 0 fully saturated rings. The van der Waals surface area contributed by atoms with Gasteiger partial charge < -0.3 is 21.3 Å². The number of carbonyl (C=O) groups is 3. The van der Waals surface area contributed by atoms with Crippen molar-refractivity contribution in [2.75, 3.05) is 26.4 Å². The molecule has 234 valence electrons. The smallest absolute Gasteiger partial charge is 0.256 e. The third-order valence-electron chi connectivity index (χ3n) is 8.38. The molecule has 0 bridgehead atoms. The maximum Gasteiger partial charge on any atom is 0.256 e. The summed E-state index contributed by atoms with van der Waals surface area (Å²) in [5.74, 6) is -0.681. The van der Waals surface area contributed by atoms with E-state index in [1.54, 1.807) is 32.0 Å². The quantitative estimate of drug-likeness (QED) is 0.166. The highest BCUT2D eigenvalue weighted by Crippen LogP contribution is 2.33. The molecule has 43 heavy (non-hydrogen) atoms. The van der Waals surface area contributed by atoms with Crippen molar-refractivity contribution in [3.63, 3.8) is 0 Å². The number of hydrogen-bond acceptors (Lipinski definition) is 6. The first-order valence-electron chi connectivity index (χ1n) is 15.0. The molecule has 2 unspecified atom stereocenters. The normalized spacial score (nSPS) is 15.2. The number of nitrogens with two attached hydrogens (primary N) is 1. The number of rotatable bonds is 11. The molecule has 2 atom stereocenters. The lowest BCUT2D eigenvalue weighted by Gasteiger charge is -2.38. The van der Waals surface area contributed by atoms with Gasteiger partial charge in [0.05, 0.1) is 6.04 Å². The number of nitrogens with one attached hydrogen (secondary N) is 3. The Morgan fingerprint density at radius 1 is 0.977 bits per heavy atom. The Morgan fingerprint density at radius 2 is 1.60 bits per heavy atom. The first-order chi connectivity index (χ1) is 20.2. The molecule has 0 saturated carbocycles. The monoisotopic (exact) mass is 607 g/mol. The lowest BCUT2D eigenvalue weighted by atomic mass is 9.76. The zero-order valence-electron chi connectivity index (χ0n) is 27.0. The van der Waals surface area contributed by atoms with E-state index in [0.29, 0.717) is 5.57 Å². The van der Waals surface area contributed by atoms with Crippen LogP contribution in [-0.2, 0) is 32.6 Å². The summed E-state index contributed by atoms with van der Waals surface area (Å²) in [4.78, 5) is 42.7. The summed E-state index contributed by atoms with van der Waals surface area (Å²) in [6.45, 7) is 11.8. The van der Waals surface area contributed by atoms with Crippen molar-refractivity contribution in [1.29, 1.82) is 0 Å². The fourth-order valence-electron chi connectivity index (χ4n) is 5.55. The second-order valence-corrected chi connectivity index (χ2v) is 13.9. The van der Waals surface area contributed by atoms with Crippen molar-refractivity contribution in [3.8, 4) is 0 Å². The third-order valence-corrected chi connectivity index (χ3v) is 9.27. The van der Waals surface area contributed by atoms with Crippen LogP contribution in [0.2, 0.25) is 0 Å². The van der Waals surface area contributed by atoms with Gasteiger partial charge in [-0.15, -0.1) is 0 Å². The third kappa shape index (κ3) is 8.42. The Kier molecular flexibility index (Phi) is 11.5. The predicted octanol–water partition coefficient (Wildman–Crippen LogP) is 4.77. The SMILES string of the molecule is CNC(C(=O)NC(C(=O)N(C)C/C=C(\C)C(=O)NSc1ccc(N)c2c1CCCC2)C(C)(C)C)C(C)(C)c1ccccc1. The molecular formula is C34H49N5O3S. The number of nitrogen functional groups attached to an aromatic ring is 1. The largest absolute Gasteiger partial charge is 0.398 e. The van der Waals surface area contributed by atoms with Gasteiger partial charge in [0.2, 0.25) is 11.8 Å². The standard InChI is InChI=1S/C34H49N5O3S/c1-22(30(40)38-43-27-19-18-26(35)24-16-12-13-17-25(24)27)20-21-39(8)32(42)29(33(2,3)4)37-31(41)28(36-7)34(5,6)23-14-10-9-11-15-23/h9-11,14-15,18-20,28-29,36H,12-13,16-17,21,35H2,1-8H3,(H,37,41)(H,38,40)/b22-20+. The maximum absolute atomic E-state index is 13.7. The maximum atomic E-state index is 13.7. The summed E-state index contributed by atoms with van der Waals surface area (Å²) in [7, 11) is 3.45. The molecule has 1 aliphatic carbocycles. The van der Waals surface area contributed by atoms with Crippen LogP contribution in [0.25, 0.3) is 0 Å². The highest BCUT2D eigenvalue weighted by molar-refractivity contribution is 7.98. The molecule has 0 aliphatic heterocycles. The van der Waals surface area contributed by atoms with Gasteiger partial charge in [-0.25, -0.2) is 0 Å². The van der Waals surface area contributed by atoms with Crippen molar-refractivity contribution < 1.29 is 14.4 Å². The Balaban J connectivity index is 1.65. The molecule has 0 spiro atoms. The molecule has 2 aromatic rings. The summed E-state index contributed by atoms with van der Waals surface area (Å²) < 4.78 is 2.94. The first kappa shape index (κ1) is 34.2. The number of benzene rings is 2. The van der Waals surface area contributed by atoms with Gasteiger partial charge in [-0.05, 0) is 85.8 Å². The Hall–Kier alpha value is -3.30. The lowest BCUT2D eigenvalue weighted by Crippen LogP contribution is -2.60. The van der Waals surface area contributed by atoms with Gasteiger partial charge in [0.15, 0.2) is 0 Å². The number of anilines is 1. The van der Waals surface area contributed by atoms with E-state index in [0.717, 1.165) is 41.8 Å². The van der Waals surface area contributed by atoms with Crippen LogP contribution in [0.15, 0.2) is 59.0 Å². The summed E-state index contributed by atoms with van der Waals surface area (Å²) in [5, 5.41) is 6.20. The van der Waals surface area contributed by atoms with E-state index in [2.05, 4.69) is 15.4 Å². The van der Waals surface area contributed by atoms with Crippen LogP contribution in [0.1, 0.15) is 71.1 Å². The molecule has 5 N–H and O–H groups in total. The van der Waals surface area contributed by atoms with E-state index in [4.69, 9.17) is 5.73 Å². The van der Waals surface area contributed by atoms with Crippen molar-refractivity contribution in [2.24, 2.45) is 5.41 Å². The lowest BCUT2D eigenvalue weighted by molar-refractivity contribution is -0.139. The van der Waals surface area contributed by atoms with E-state index in [1.165, 1.54) is 23.1 Å². The second kappa shape index (κ2) is 14.4. The van der Waals surface area contributed by atoms with Gasteiger partial charge in [0.25, 0.3) is 5.91 Å². The summed E-state index contributed by atoms with van der Waals surface area (Å²) in [6, 6.07) is 12.4. The van der Waals surface area contributed by atoms with Crippen molar-refractivity contribution in [1.82, 2.24) is 20.3 Å². The second-order valence-electron chi connectivity index (χ2n) is 13.1. The topological polar surface area (TPSA) is 117 Å². The van der Waals surface area contributed by atoms with Crippen LogP contribution >= 0.6 is 11.9 Å². The first-order valence-corrected chi connectivity index (χ1v) is 15.8. The van der Waals surface area contributed by atoms with E-state index >= 15 is 0 Å². The number of carbonyl (C=O) groups excluding carboxylic acids is 3. The average Bonchev–Trinajstić information content (AvgIpc) is 2.97. The van der Waals surface area contributed by atoms with E-state index in [-0.39, 0.29) is 24.3 Å². The van der Waals surface area contributed by atoms with Crippen molar-refractivity contribution >= 4 is 35.4 Å². The molecule has 0 heterocycles. The summed E-state index contributed by atoms with van der Waals surface area (Å²) in [6.07, 6.45) is 5.92. The van der Waals surface area contributed by atoms with Gasteiger partial charge in [-0.1, -0.05) is 71.0 Å². The molecule has 1 aliphatic rings. The van der Waals surface area contributed by atoms with E-state index in [1.807, 2.05) is 77.1 Å². The highest BCUT2D eigenvalue weighted by atomic mass is 32.2. The van der Waals surface area contributed by atoms with Crippen LogP contribution in [0.5, 0.6) is 0 Å². The average molecular weight is 608 g/mol. The highest BCUT2D eigenvalue weighted by Gasteiger charge is 2.40. The molecule has 3 amide bonds. The molecule has 0 radical (unpaired) electrons. The number of amides is 3. The minimum absolute atomic E-state index is 0.215. The zero-order chi connectivity index (χ0) is 31.9. The van der Waals surface area contributed by atoms with Crippen molar-refractivity contribution in [3.05, 3.63) is 70.8 Å². The van der Waals surface area contributed by atoms with Gasteiger partial charge >= 0.3 is 0 Å². The van der Waals surface area contributed by atoms with Crippen molar-refractivity contribution in [2.45, 2.75) is 89.6 Å². The molecule has 8 nitrogen and oxygen atoms in total. The molecule has 3 rings (SSSR count). The van der Waals surface area contributed by atoms with Gasteiger partial charge in [0.1, 0.15) is 6.04 Å². The van der Waals surface area contributed by atoms with Crippen LogP contribution in [0, 0.1) is 5.41 Å². The number of nitrogens with zero attached hydrogens (tertiary/aromatic N) is 1. The Labute approximate surface area is 261 Å². The zero-order valence-corrected chi connectivity index (χ0v) is 27.8. The van der Waals surface area contributed by atoms with E-state index < -0.39 is 22.9 Å². The Morgan fingerprint density at radius 3 is 2.21 bits per heavy atom. The van der Waals surface area contributed by atoms with Crippen LogP contribution in [0.3, 0.4) is 0 Å². The molecule has 2 aromatic carbocycles. The minimum atomic E-state index is -0.762. The van der Waals surface area contributed by atoms with E-state index in [9.17, 15) is 14.4 Å². The molecule has 0 aromatic heterocycles. The van der Waals surface area contributed by atoms with Crippen LogP contribution in [-0.4, -0.2) is 55.3 Å². The Bertz CT molecular complexity index is 1330. The van der Waals surface area contributed by atoms with Crippen LogP contribution in [0.4, 0.5) is 5.69 Å². The van der Waals surface area contributed by atoms with Gasteiger partial charge in [0, 0.05) is 35.2 Å². The molecule has 0 saturated heterocycles. The molecular weight excluding hydrogens is 558 g/mol. The van der Waals surface area contributed by atoms with Crippen LogP contribution < -0.4 is 21.1 Å². The van der Waals surface area contributed by atoms with Gasteiger partial charge in [-0.3, -0.25) is 19.1 Å². The number of likely N-dealkylation sites (N-methyl/N-ethyl adjacent to an activating group) is 2. The predicted molar refractivity (Wildman–Crippen MR) is 177 cm³/mol. The fourth-order valence-corrected chi connectivity index (χ4v) is 6.39. The summed E-state index contributed by atoms with van der Waals surface area (Å²) >= 11 is 1.31.